The average molecular weight is 365 g/mol. The number of hydrogen-bond acceptors (Lipinski definition) is 3. The molecule has 1 aromatic carbocycles. The smallest absolute Gasteiger partial charge is 0.317 e. The van der Waals surface area contributed by atoms with E-state index in [0.717, 1.165) is 5.56 Å². The predicted molar refractivity (Wildman–Crippen MR) is 98.6 cm³/mol. The first-order valence-electron chi connectivity index (χ1n) is 8.56. The van der Waals surface area contributed by atoms with Crippen molar-refractivity contribution in [2.45, 2.75) is 26.2 Å². The lowest BCUT2D eigenvalue weighted by Crippen LogP contribution is -2.50. The molecule has 1 aromatic rings. The number of nitrogens with one attached hydrogen (secondary N) is 1. The van der Waals surface area contributed by atoms with Gasteiger partial charge in [0.1, 0.15) is 0 Å². The van der Waals surface area contributed by atoms with Crippen molar-refractivity contribution < 1.29 is 14.3 Å². The Kier molecular flexibility index (Phi) is 6.88. The lowest BCUT2D eigenvalue weighted by atomic mass is 9.73. The molecule has 6 heteroatoms. The first-order valence-corrected chi connectivity index (χ1v) is 8.94. The standard InChI is InChI=1S/C19H25ClN2O3/c1-3-11-21-18(24)22-12-9-19(10-13-22,17(23)25-4-2)14-15-5-7-16(20)8-6-15/h3,5-8H,1,4,9-14H2,2H3,(H,21,24). The minimum absolute atomic E-state index is 0.121. The van der Waals surface area contributed by atoms with E-state index in [1.807, 2.05) is 31.2 Å². The van der Waals surface area contributed by atoms with Crippen molar-refractivity contribution in [3.8, 4) is 0 Å². The second-order valence-electron chi connectivity index (χ2n) is 6.27. The van der Waals surface area contributed by atoms with E-state index in [1.54, 1.807) is 11.0 Å². The number of carbonyl (C=O) groups is 2. The highest BCUT2D eigenvalue weighted by Gasteiger charge is 2.43. The van der Waals surface area contributed by atoms with Gasteiger partial charge in [-0.2, -0.15) is 0 Å². The van der Waals surface area contributed by atoms with Gasteiger partial charge in [-0.1, -0.05) is 29.8 Å². The number of piperidine rings is 1. The highest BCUT2D eigenvalue weighted by Crippen LogP contribution is 2.37. The zero-order valence-electron chi connectivity index (χ0n) is 14.6. The number of likely N-dealkylation sites (tertiary alicyclic amines) is 1. The van der Waals surface area contributed by atoms with Crippen LogP contribution in [0.4, 0.5) is 4.79 Å². The Morgan fingerprint density at radius 2 is 1.96 bits per heavy atom. The summed E-state index contributed by atoms with van der Waals surface area (Å²) in [7, 11) is 0. The molecule has 0 aromatic heterocycles. The van der Waals surface area contributed by atoms with Crippen molar-refractivity contribution in [2.24, 2.45) is 5.41 Å². The maximum atomic E-state index is 12.7. The summed E-state index contributed by atoms with van der Waals surface area (Å²) in [6, 6.07) is 7.41. The van der Waals surface area contributed by atoms with E-state index in [0.29, 0.717) is 50.5 Å². The number of nitrogens with zero attached hydrogens (tertiary/aromatic N) is 1. The number of amides is 2. The van der Waals surface area contributed by atoms with Crippen LogP contribution in [0.2, 0.25) is 5.02 Å². The van der Waals surface area contributed by atoms with Crippen LogP contribution in [0.25, 0.3) is 0 Å². The molecule has 0 radical (unpaired) electrons. The summed E-state index contributed by atoms with van der Waals surface area (Å²) in [6.07, 6.45) is 3.39. The van der Waals surface area contributed by atoms with Crippen LogP contribution < -0.4 is 5.32 Å². The molecule has 0 aliphatic carbocycles. The fraction of sp³-hybridized carbons (Fsp3) is 0.474. The number of ether oxygens (including phenoxy) is 1. The minimum Gasteiger partial charge on any atom is -0.466 e. The molecule has 5 nitrogen and oxygen atoms in total. The highest BCUT2D eigenvalue weighted by atomic mass is 35.5. The third-order valence-electron chi connectivity index (χ3n) is 4.57. The van der Waals surface area contributed by atoms with Gasteiger partial charge in [0.05, 0.1) is 12.0 Å². The molecule has 0 atom stereocenters. The van der Waals surface area contributed by atoms with Gasteiger partial charge in [0.15, 0.2) is 0 Å². The maximum Gasteiger partial charge on any atom is 0.317 e. The second-order valence-corrected chi connectivity index (χ2v) is 6.70. The van der Waals surface area contributed by atoms with E-state index in [2.05, 4.69) is 11.9 Å². The van der Waals surface area contributed by atoms with Crippen LogP contribution in [0, 0.1) is 5.41 Å². The Morgan fingerprint density at radius 3 is 2.52 bits per heavy atom. The molecular formula is C19H25ClN2O3. The van der Waals surface area contributed by atoms with E-state index in [-0.39, 0.29) is 12.0 Å². The first-order chi connectivity index (χ1) is 12.0. The number of esters is 1. The molecule has 0 spiro atoms. The molecule has 25 heavy (non-hydrogen) atoms. The van der Waals surface area contributed by atoms with Gasteiger partial charge in [-0.05, 0) is 43.9 Å². The summed E-state index contributed by atoms with van der Waals surface area (Å²) in [4.78, 5) is 26.5. The topological polar surface area (TPSA) is 58.6 Å². The van der Waals surface area contributed by atoms with Crippen LogP contribution in [0.5, 0.6) is 0 Å². The summed E-state index contributed by atoms with van der Waals surface area (Å²) < 4.78 is 5.34. The molecule has 2 amide bonds. The molecule has 0 unspecified atom stereocenters. The largest absolute Gasteiger partial charge is 0.466 e. The van der Waals surface area contributed by atoms with Crippen molar-refractivity contribution in [2.75, 3.05) is 26.2 Å². The Hall–Kier alpha value is -2.01. The number of halogens is 1. The fourth-order valence-corrected chi connectivity index (χ4v) is 3.27. The zero-order chi connectivity index (χ0) is 18.3. The number of hydrogen-bond donors (Lipinski definition) is 1. The number of benzene rings is 1. The third kappa shape index (κ3) is 4.98. The molecule has 2 rings (SSSR count). The maximum absolute atomic E-state index is 12.7. The van der Waals surface area contributed by atoms with Crippen molar-refractivity contribution in [1.29, 1.82) is 0 Å². The van der Waals surface area contributed by atoms with Crippen molar-refractivity contribution in [3.05, 3.63) is 47.5 Å². The molecule has 0 bridgehead atoms. The summed E-state index contributed by atoms with van der Waals surface area (Å²) in [5.41, 5.74) is 0.445. The Bertz CT molecular complexity index is 608. The van der Waals surface area contributed by atoms with Gasteiger partial charge in [0, 0.05) is 24.7 Å². The molecule has 1 saturated heterocycles. The minimum atomic E-state index is -0.598. The lowest BCUT2D eigenvalue weighted by molar-refractivity contribution is -0.158. The number of carbonyl (C=O) groups excluding carboxylic acids is 2. The third-order valence-corrected chi connectivity index (χ3v) is 4.82. The van der Waals surface area contributed by atoms with Crippen LogP contribution >= 0.6 is 11.6 Å². The Balaban J connectivity index is 2.10. The lowest BCUT2D eigenvalue weighted by Gasteiger charge is -2.40. The highest BCUT2D eigenvalue weighted by molar-refractivity contribution is 6.30. The molecule has 1 N–H and O–H groups in total. The van der Waals surface area contributed by atoms with Gasteiger partial charge in [-0.15, -0.1) is 6.58 Å². The van der Waals surface area contributed by atoms with Crippen molar-refractivity contribution >= 4 is 23.6 Å². The molecule has 1 aliphatic heterocycles. The van der Waals surface area contributed by atoms with Gasteiger partial charge in [0.25, 0.3) is 0 Å². The van der Waals surface area contributed by atoms with Crippen molar-refractivity contribution in [1.82, 2.24) is 10.2 Å². The SMILES string of the molecule is C=CCNC(=O)N1CCC(Cc2ccc(Cl)cc2)(C(=O)OCC)CC1. The van der Waals surface area contributed by atoms with Gasteiger partial charge >= 0.3 is 12.0 Å². The Labute approximate surface area is 154 Å². The molecule has 136 valence electrons. The quantitative estimate of drug-likeness (QED) is 0.621. The van der Waals surface area contributed by atoms with Crippen LogP contribution in [-0.4, -0.2) is 43.1 Å². The van der Waals surface area contributed by atoms with Gasteiger partial charge in [-0.25, -0.2) is 4.79 Å². The molecule has 0 saturated carbocycles. The summed E-state index contributed by atoms with van der Waals surface area (Å²) in [5.74, 6) is -0.184. The van der Waals surface area contributed by atoms with Gasteiger partial charge in [0.2, 0.25) is 0 Å². The average Bonchev–Trinajstić information content (AvgIpc) is 2.62. The van der Waals surface area contributed by atoms with Gasteiger partial charge < -0.3 is 15.0 Å². The fourth-order valence-electron chi connectivity index (χ4n) is 3.14. The van der Waals surface area contributed by atoms with Crippen molar-refractivity contribution in [3.63, 3.8) is 0 Å². The van der Waals surface area contributed by atoms with Crippen LogP contribution in [-0.2, 0) is 16.0 Å². The molecular weight excluding hydrogens is 340 g/mol. The van der Waals surface area contributed by atoms with E-state index in [4.69, 9.17) is 16.3 Å². The number of rotatable bonds is 6. The molecule has 1 fully saturated rings. The zero-order valence-corrected chi connectivity index (χ0v) is 15.3. The molecule has 1 aliphatic rings. The van der Waals surface area contributed by atoms with E-state index < -0.39 is 5.41 Å². The van der Waals surface area contributed by atoms with E-state index in [1.165, 1.54) is 0 Å². The summed E-state index contributed by atoms with van der Waals surface area (Å²) >= 11 is 5.95. The summed E-state index contributed by atoms with van der Waals surface area (Å²) in [6.45, 7) is 7.24. The first kappa shape index (κ1) is 19.3. The van der Waals surface area contributed by atoms with E-state index in [9.17, 15) is 9.59 Å². The second kappa shape index (κ2) is 8.90. The van der Waals surface area contributed by atoms with E-state index >= 15 is 0 Å². The van der Waals surface area contributed by atoms with Gasteiger partial charge in [-0.3, -0.25) is 4.79 Å². The monoisotopic (exact) mass is 364 g/mol. The molecule has 1 heterocycles. The number of urea groups is 1. The normalized spacial score (nSPS) is 16.2. The summed E-state index contributed by atoms with van der Waals surface area (Å²) in [5, 5.41) is 3.45. The Morgan fingerprint density at radius 1 is 1.32 bits per heavy atom. The predicted octanol–water partition coefficient (Wildman–Crippen LogP) is 3.42. The van der Waals surface area contributed by atoms with Crippen LogP contribution in [0.3, 0.4) is 0 Å². The van der Waals surface area contributed by atoms with Crippen LogP contribution in [0.15, 0.2) is 36.9 Å². The van der Waals surface area contributed by atoms with Crippen LogP contribution in [0.1, 0.15) is 25.3 Å².